The minimum atomic E-state index is -0.246. The van der Waals surface area contributed by atoms with Gasteiger partial charge in [0.05, 0.1) is 5.83 Å². The SMILES string of the molecule is C=C(F)C/C=C\CC1CCN(C)CC1. The van der Waals surface area contributed by atoms with Gasteiger partial charge in [-0.15, -0.1) is 0 Å². The van der Waals surface area contributed by atoms with E-state index in [1.165, 1.54) is 25.9 Å². The number of allylic oxidation sites excluding steroid dienone is 3. The lowest BCUT2D eigenvalue weighted by Gasteiger charge is -2.28. The zero-order valence-electron chi connectivity index (χ0n) is 9.01. The molecule has 1 nitrogen and oxygen atoms in total. The van der Waals surface area contributed by atoms with Gasteiger partial charge in [0.25, 0.3) is 0 Å². The monoisotopic (exact) mass is 197 g/mol. The summed E-state index contributed by atoms with van der Waals surface area (Å²) in [6, 6.07) is 0. The maximum absolute atomic E-state index is 12.3. The van der Waals surface area contributed by atoms with Crippen LogP contribution in [0.2, 0.25) is 0 Å². The Labute approximate surface area is 86.3 Å². The molecule has 0 radical (unpaired) electrons. The molecule has 0 aromatic carbocycles. The van der Waals surface area contributed by atoms with Gasteiger partial charge in [-0.3, -0.25) is 0 Å². The van der Waals surface area contributed by atoms with Gasteiger partial charge in [-0.25, -0.2) is 4.39 Å². The molecule has 0 spiro atoms. The van der Waals surface area contributed by atoms with E-state index in [9.17, 15) is 4.39 Å². The number of nitrogens with zero attached hydrogens (tertiary/aromatic N) is 1. The summed E-state index contributed by atoms with van der Waals surface area (Å²) in [5.74, 6) is 0.556. The lowest BCUT2D eigenvalue weighted by molar-refractivity contribution is 0.220. The molecule has 0 bridgehead atoms. The molecule has 0 aromatic heterocycles. The summed E-state index contributed by atoms with van der Waals surface area (Å²) in [4.78, 5) is 2.36. The summed E-state index contributed by atoms with van der Waals surface area (Å²) in [7, 11) is 2.17. The molecule has 1 heterocycles. The minimum absolute atomic E-state index is 0.246. The molecule has 2 heteroatoms. The Morgan fingerprint density at radius 2 is 2.07 bits per heavy atom. The maximum Gasteiger partial charge on any atom is 0.0965 e. The Hall–Kier alpha value is -0.630. The van der Waals surface area contributed by atoms with Gasteiger partial charge in [-0.1, -0.05) is 18.7 Å². The smallest absolute Gasteiger partial charge is 0.0965 e. The molecule has 0 aliphatic carbocycles. The van der Waals surface area contributed by atoms with E-state index in [0.29, 0.717) is 6.42 Å². The van der Waals surface area contributed by atoms with Crippen LogP contribution in [-0.2, 0) is 0 Å². The zero-order valence-corrected chi connectivity index (χ0v) is 9.01. The summed E-state index contributed by atoms with van der Waals surface area (Å²) >= 11 is 0. The molecule has 14 heavy (non-hydrogen) atoms. The van der Waals surface area contributed by atoms with Crippen LogP contribution in [-0.4, -0.2) is 25.0 Å². The first kappa shape index (κ1) is 11.4. The third-order valence-electron chi connectivity index (χ3n) is 2.81. The Balaban J connectivity index is 2.12. The second kappa shape index (κ2) is 5.97. The van der Waals surface area contributed by atoms with Crippen LogP contribution in [0, 0.1) is 5.92 Å². The van der Waals surface area contributed by atoms with Gasteiger partial charge >= 0.3 is 0 Å². The van der Waals surface area contributed by atoms with Crippen molar-refractivity contribution >= 4 is 0 Å². The summed E-state index contributed by atoms with van der Waals surface area (Å²) < 4.78 is 12.3. The van der Waals surface area contributed by atoms with Crippen molar-refractivity contribution in [3.63, 3.8) is 0 Å². The van der Waals surface area contributed by atoms with Crippen LogP contribution < -0.4 is 0 Å². The Morgan fingerprint density at radius 1 is 1.43 bits per heavy atom. The fourth-order valence-electron chi connectivity index (χ4n) is 1.80. The van der Waals surface area contributed by atoms with Crippen LogP contribution in [0.1, 0.15) is 25.7 Å². The van der Waals surface area contributed by atoms with Crippen molar-refractivity contribution in [1.82, 2.24) is 4.90 Å². The maximum atomic E-state index is 12.3. The summed E-state index contributed by atoms with van der Waals surface area (Å²) in [6.07, 6.45) is 8.02. The molecular weight excluding hydrogens is 177 g/mol. The standard InChI is InChI=1S/C12H20FN/c1-11(13)5-3-4-6-12-7-9-14(2)10-8-12/h3-4,12H,1,5-10H2,2H3/b4-3-. The van der Waals surface area contributed by atoms with Gasteiger partial charge < -0.3 is 4.90 Å². The fourth-order valence-corrected chi connectivity index (χ4v) is 1.80. The van der Waals surface area contributed by atoms with Crippen molar-refractivity contribution in [3.8, 4) is 0 Å². The van der Waals surface area contributed by atoms with Gasteiger partial charge in [0, 0.05) is 6.42 Å². The highest BCUT2D eigenvalue weighted by Gasteiger charge is 2.14. The predicted octanol–water partition coefficient (Wildman–Crippen LogP) is 3.15. The van der Waals surface area contributed by atoms with Crippen LogP contribution in [0.4, 0.5) is 4.39 Å². The number of piperidine rings is 1. The van der Waals surface area contributed by atoms with E-state index in [1.807, 2.05) is 6.08 Å². The van der Waals surface area contributed by atoms with Crippen LogP contribution in [0.3, 0.4) is 0 Å². The predicted molar refractivity (Wildman–Crippen MR) is 58.8 cm³/mol. The first-order chi connectivity index (χ1) is 6.68. The van der Waals surface area contributed by atoms with Gasteiger partial charge in [-0.2, -0.15) is 0 Å². The molecule has 0 N–H and O–H groups in total. The third-order valence-corrected chi connectivity index (χ3v) is 2.81. The number of hydrogen-bond donors (Lipinski definition) is 0. The largest absolute Gasteiger partial charge is 0.306 e. The first-order valence-corrected chi connectivity index (χ1v) is 5.35. The van der Waals surface area contributed by atoms with Crippen molar-refractivity contribution in [2.75, 3.05) is 20.1 Å². The second-order valence-corrected chi connectivity index (χ2v) is 4.18. The van der Waals surface area contributed by atoms with Crippen LogP contribution >= 0.6 is 0 Å². The third kappa shape index (κ3) is 4.56. The van der Waals surface area contributed by atoms with E-state index in [2.05, 4.69) is 24.6 Å². The van der Waals surface area contributed by atoms with E-state index < -0.39 is 0 Å². The van der Waals surface area contributed by atoms with Crippen LogP contribution in [0.25, 0.3) is 0 Å². The first-order valence-electron chi connectivity index (χ1n) is 5.35. The minimum Gasteiger partial charge on any atom is -0.306 e. The quantitative estimate of drug-likeness (QED) is 0.626. The topological polar surface area (TPSA) is 3.24 Å². The lowest BCUT2D eigenvalue weighted by atomic mass is 9.93. The van der Waals surface area contributed by atoms with Gasteiger partial charge in [0.2, 0.25) is 0 Å². The molecular formula is C12H20FN. The average molecular weight is 197 g/mol. The van der Waals surface area contributed by atoms with Gasteiger partial charge in [0.15, 0.2) is 0 Å². The van der Waals surface area contributed by atoms with E-state index in [1.54, 1.807) is 0 Å². The number of likely N-dealkylation sites (tertiary alicyclic amines) is 1. The molecule has 1 aliphatic rings. The molecule has 1 saturated heterocycles. The molecule has 80 valence electrons. The molecule has 1 rings (SSSR count). The van der Waals surface area contributed by atoms with Gasteiger partial charge in [-0.05, 0) is 45.3 Å². The molecule has 0 saturated carbocycles. The highest BCUT2D eigenvalue weighted by molar-refractivity contribution is 4.94. The summed E-state index contributed by atoms with van der Waals surface area (Å²) in [5, 5.41) is 0. The average Bonchev–Trinajstić information content (AvgIpc) is 2.15. The van der Waals surface area contributed by atoms with Crippen LogP contribution in [0.15, 0.2) is 24.6 Å². The van der Waals surface area contributed by atoms with E-state index in [4.69, 9.17) is 0 Å². The van der Waals surface area contributed by atoms with Crippen LogP contribution in [0.5, 0.6) is 0 Å². The van der Waals surface area contributed by atoms with E-state index >= 15 is 0 Å². The number of halogens is 1. The molecule has 0 aromatic rings. The molecule has 0 atom stereocenters. The van der Waals surface area contributed by atoms with Crippen molar-refractivity contribution in [1.29, 1.82) is 0 Å². The Morgan fingerprint density at radius 3 is 2.64 bits per heavy atom. The fraction of sp³-hybridized carbons (Fsp3) is 0.667. The molecule has 1 aliphatic heterocycles. The van der Waals surface area contributed by atoms with Crippen molar-refractivity contribution in [3.05, 3.63) is 24.6 Å². The van der Waals surface area contributed by atoms with Crippen molar-refractivity contribution < 1.29 is 4.39 Å². The normalized spacial score (nSPS) is 20.4. The highest BCUT2D eigenvalue weighted by atomic mass is 19.1. The Bertz CT molecular complexity index is 202. The summed E-state index contributed by atoms with van der Waals surface area (Å²) in [5.41, 5.74) is 0. The molecule has 0 amide bonds. The summed E-state index contributed by atoms with van der Waals surface area (Å²) in [6.45, 7) is 5.63. The second-order valence-electron chi connectivity index (χ2n) is 4.18. The van der Waals surface area contributed by atoms with Crippen molar-refractivity contribution in [2.24, 2.45) is 5.92 Å². The Kier molecular flexibility index (Phi) is 4.88. The van der Waals surface area contributed by atoms with E-state index in [0.717, 1.165) is 12.3 Å². The highest BCUT2D eigenvalue weighted by Crippen LogP contribution is 2.19. The number of hydrogen-bond acceptors (Lipinski definition) is 1. The van der Waals surface area contributed by atoms with E-state index in [-0.39, 0.29) is 5.83 Å². The lowest BCUT2D eigenvalue weighted by Crippen LogP contribution is -2.29. The van der Waals surface area contributed by atoms with Gasteiger partial charge in [0.1, 0.15) is 0 Å². The number of rotatable bonds is 4. The zero-order chi connectivity index (χ0) is 10.4. The molecule has 1 fully saturated rings. The van der Waals surface area contributed by atoms with Crippen molar-refractivity contribution in [2.45, 2.75) is 25.7 Å². The molecule has 0 unspecified atom stereocenters.